The van der Waals surface area contributed by atoms with Gasteiger partial charge in [0.15, 0.2) is 5.79 Å². The molecule has 3 saturated heterocycles. The van der Waals surface area contributed by atoms with Crippen LogP contribution in [-0.2, 0) is 24.0 Å². The summed E-state index contributed by atoms with van der Waals surface area (Å²) in [7, 11) is 0. The predicted octanol–water partition coefficient (Wildman–Crippen LogP) is 2.05. The fourth-order valence-corrected chi connectivity index (χ4v) is 4.64. The summed E-state index contributed by atoms with van der Waals surface area (Å²) in [6, 6.07) is 0. The molecule has 1 aliphatic carbocycles. The topological polar surface area (TPSA) is 74.2 Å². The molecule has 0 aromatic carbocycles. The minimum Gasteiger partial charge on any atom is -0.463 e. The molecular formula is C17H28O6. The van der Waals surface area contributed by atoms with Gasteiger partial charge in [0.2, 0.25) is 0 Å². The van der Waals surface area contributed by atoms with Crippen LogP contribution in [0.15, 0.2) is 0 Å². The van der Waals surface area contributed by atoms with Gasteiger partial charge in [-0.2, -0.15) is 0 Å². The summed E-state index contributed by atoms with van der Waals surface area (Å²) in [5.41, 5.74) is -0.578. The molecule has 132 valence electrons. The van der Waals surface area contributed by atoms with Crippen LogP contribution in [0.1, 0.15) is 46.5 Å². The van der Waals surface area contributed by atoms with E-state index >= 15 is 0 Å². The van der Waals surface area contributed by atoms with Gasteiger partial charge >= 0.3 is 5.97 Å². The van der Waals surface area contributed by atoms with Gasteiger partial charge in [0.05, 0.1) is 19.1 Å². The third-order valence-corrected chi connectivity index (χ3v) is 6.07. The Morgan fingerprint density at radius 3 is 2.78 bits per heavy atom. The summed E-state index contributed by atoms with van der Waals surface area (Å²) in [5, 5.41) is 8.86. The normalized spacial score (nSPS) is 44.3. The lowest BCUT2D eigenvalue weighted by Crippen LogP contribution is -2.61. The zero-order valence-corrected chi connectivity index (χ0v) is 14.2. The monoisotopic (exact) mass is 328 g/mol. The molecule has 6 nitrogen and oxygen atoms in total. The molecule has 4 rings (SSSR count). The maximum atomic E-state index is 12.3. The van der Waals surface area contributed by atoms with Crippen molar-refractivity contribution in [1.82, 2.24) is 0 Å². The summed E-state index contributed by atoms with van der Waals surface area (Å²) < 4.78 is 11.1. The molecule has 0 aromatic heterocycles. The van der Waals surface area contributed by atoms with E-state index in [0.717, 1.165) is 25.7 Å². The Kier molecular flexibility index (Phi) is 4.71. The highest BCUT2D eigenvalue weighted by Gasteiger charge is 2.61. The van der Waals surface area contributed by atoms with E-state index in [0.29, 0.717) is 18.4 Å². The van der Waals surface area contributed by atoms with Crippen LogP contribution in [0.25, 0.3) is 0 Å². The van der Waals surface area contributed by atoms with E-state index in [1.54, 1.807) is 0 Å². The van der Waals surface area contributed by atoms with Crippen LogP contribution >= 0.6 is 0 Å². The van der Waals surface area contributed by atoms with Crippen molar-refractivity contribution in [2.24, 2.45) is 23.7 Å². The largest absolute Gasteiger partial charge is 0.463 e. The standard InChI is InChI=1S/C17H28O6/c1-11-4-5-14(12(2)15(19)20-9-8-18)17-10-21-16(3,22-23-17)7-6-13(11)17/h11-14,18H,4-10H2,1-3H3/t11-,12-,13+,14+,16-,17-/m1/s1. The van der Waals surface area contributed by atoms with E-state index in [9.17, 15) is 4.79 Å². The number of rotatable bonds is 4. The Morgan fingerprint density at radius 2 is 2.13 bits per heavy atom. The Balaban J connectivity index is 1.84. The second-order valence-corrected chi connectivity index (χ2v) is 7.53. The lowest BCUT2D eigenvalue weighted by atomic mass is 9.60. The first-order valence-corrected chi connectivity index (χ1v) is 8.70. The van der Waals surface area contributed by atoms with Crippen molar-refractivity contribution in [2.45, 2.75) is 57.8 Å². The lowest BCUT2D eigenvalue weighted by molar-refractivity contribution is -0.516. The number of aliphatic hydroxyl groups excluding tert-OH is 1. The van der Waals surface area contributed by atoms with E-state index in [2.05, 4.69) is 6.92 Å². The molecule has 23 heavy (non-hydrogen) atoms. The molecule has 2 bridgehead atoms. The number of hydrogen-bond donors (Lipinski definition) is 1. The first-order valence-electron chi connectivity index (χ1n) is 8.70. The Morgan fingerprint density at radius 1 is 1.35 bits per heavy atom. The second kappa shape index (κ2) is 6.31. The molecular weight excluding hydrogens is 300 g/mol. The van der Waals surface area contributed by atoms with Crippen LogP contribution in [0.5, 0.6) is 0 Å². The Hall–Kier alpha value is -0.690. The average molecular weight is 328 g/mol. The van der Waals surface area contributed by atoms with Gasteiger partial charge in [-0.25, -0.2) is 9.78 Å². The van der Waals surface area contributed by atoms with Gasteiger partial charge in [0.1, 0.15) is 12.2 Å². The van der Waals surface area contributed by atoms with Gasteiger partial charge in [0.25, 0.3) is 0 Å². The SMILES string of the molecule is C[C@@H]1CC[C@@H]([C@@H](C)C(=O)OCCO)[C@@]23CO[C@@](C)(CC[C@@H]12)OO3. The Bertz CT molecular complexity index is 442. The Labute approximate surface area is 137 Å². The number of esters is 1. The van der Waals surface area contributed by atoms with E-state index in [1.165, 1.54) is 0 Å². The zero-order valence-electron chi connectivity index (χ0n) is 14.2. The lowest BCUT2D eigenvalue weighted by Gasteiger charge is -2.52. The summed E-state index contributed by atoms with van der Waals surface area (Å²) in [4.78, 5) is 23.9. The van der Waals surface area contributed by atoms with Gasteiger partial charge in [-0.1, -0.05) is 13.8 Å². The summed E-state index contributed by atoms with van der Waals surface area (Å²) >= 11 is 0. The van der Waals surface area contributed by atoms with E-state index in [4.69, 9.17) is 24.4 Å². The maximum Gasteiger partial charge on any atom is 0.309 e. The van der Waals surface area contributed by atoms with Crippen LogP contribution in [0.3, 0.4) is 0 Å². The predicted molar refractivity (Wildman–Crippen MR) is 81.1 cm³/mol. The van der Waals surface area contributed by atoms with Crippen LogP contribution in [0.4, 0.5) is 0 Å². The fraction of sp³-hybridized carbons (Fsp3) is 0.941. The molecule has 6 heteroatoms. The van der Waals surface area contributed by atoms with Crippen molar-refractivity contribution in [1.29, 1.82) is 0 Å². The van der Waals surface area contributed by atoms with Crippen LogP contribution in [-0.4, -0.2) is 42.3 Å². The van der Waals surface area contributed by atoms with Crippen LogP contribution in [0.2, 0.25) is 0 Å². The number of ether oxygens (including phenoxy) is 2. The summed E-state index contributed by atoms with van der Waals surface area (Å²) in [5.74, 6) is -0.442. The van der Waals surface area contributed by atoms with Crippen molar-refractivity contribution < 1.29 is 29.1 Å². The van der Waals surface area contributed by atoms with Crippen LogP contribution in [0, 0.1) is 23.7 Å². The van der Waals surface area contributed by atoms with Gasteiger partial charge < -0.3 is 14.6 Å². The van der Waals surface area contributed by atoms with Crippen molar-refractivity contribution in [3.63, 3.8) is 0 Å². The van der Waals surface area contributed by atoms with Crippen molar-refractivity contribution >= 4 is 5.97 Å². The number of hydrogen-bond acceptors (Lipinski definition) is 6. The number of aliphatic hydroxyl groups is 1. The van der Waals surface area contributed by atoms with Gasteiger partial charge in [-0.3, -0.25) is 4.79 Å². The van der Waals surface area contributed by atoms with Gasteiger partial charge in [-0.15, -0.1) is 0 Å². The van der Waals surface area contributed by atoms with Crippen LogP contribution < -0.4 is 0 Å². The van der Waals surface area contributed by atoms with Gasteiger partial charge in [0, 0.05) is 12.3 Å². The molecule has 1 spiro atoms. The molecule has 1 N–H and O–H groups in total. The summed E-state index contributed by atoms with van der Waals surface area (Å²) in [6.45, 7) is 6.39. The summed E-state index contributed by atoms with van der Waals surface area (Å²) in [6.07, 6.45) is 3.73. The molecule has 0 amide bonds. The molecule has 3 heterocycles. The molecule has 1 saturated carbocycles. The third kappa shape index (κ3) is 2.90. The fourth-order valence-electron chi connectivity index (χ4n) is 4.64. The molecule has 0 aromatic rings. The molecule has 0 unspecified atom stereocenters. The quantitative estimate of drug-likeness (QED) is 0.629. The third-order valence-electron chi connectivity index (χ3n) is 6.07. The minimum absolute atomic E-state index is 0.00228. The highest BCUT2D eigenvalue weighted by atomic mass is 17.2. The van der Waals surface area contributed by atoms with Crippen molar-refractivity contribution in [3.05, 3.63) is 0 Å². The molecule has 3 aliphatic heterocycles. The van der Waals surface area contributed by atoms with Gasteiger partial charge in [-0.05, 0) is 38.0 Å². The minimum atomic E-state index is -0.673. The first-order chi connectivity index (χ1) is 10.9. The smallest absolute Gasteiger partial charge is 0.309 e. The van der Waals surface area contributed by atoms with E-state index < -0.39 is 11.4 Å². The number of carbonyl (C=O) groups excluding carboxylic acids is 1. The maximum absolute atomic E-state index is 12.3. The van der Waals surface area contributed by atoms with Crippen molar-refractivity contribution in [3.8, 4) is 0 Å². The molecule has 4 fully saturated rings. The van der Waals surface area contributed by atoms with Crippen molar-refractivity contribution in [2.75, 3.05) is 19.8 Å². The number of carbonyl (C=O) groups is 1. The average Bonchev–Trinajstić information content (AvgIpc) is 2.79. The second-order valence-electron chi connectivity index (χ2n) is 7.53. The highest BCUT2D eigenvalue weighted by molar-refractivity contribution is 5.72. The highest BCUT2D eigenvalue weighted by Crippen LogP contribution is 2.55. The molecule has 6 atom stereocenters. The zero-order chi connectivity index (χ0) is 16.7. The van der Waals surface area contributed by atoms with E-state index in [1.807, 2.05) is 13.8 Å². The molecule has 4 aliphatic rings. The number of fused-ring (bicyclic) bond motifs is 3. The molecule has 0 radical (unpaired) electrons. The van der Waals surface area contributed by atoms with E-state index in [-0.39, 0.29) is 31.0 Å². The first kappa shape index (κ1) is 17.1.